The summed E-state index contributed by atoms with van der Waals surface area (Å²) in [4.78, 5) is 0. The highest BCUT2D eigenvalue weighted by Crippen LogP contribution is 1.55. The predicted molar refractivity (Wildman–Crippen MR) is 37.1 cm³/mol. The molecule has 0 amide bonds. The zero-order chi connectivity index (χ0) is 7.54. The molecule has 0 aromatic heterocycles. The van der Waals surface area contributed by atoms with E-state index in [-0.39, 0.29) is 19.8 Å². The van der Waals surface area contributed by atoms with Crippen molar-refractivity contribution >= 4 is 10.5 Å². The highest BCUT2D eigenvalue weighted by Gasteiger charge is 1.66. The summed E-state index contributed by atoms with van der Waals surface area (Å²) in [5.74, 6) is 0. The smallest absolute Gasteiger partial charge is 0.146 e. The minimum absolute atomic E-state index is 0.125. The summed E-state index contributed by atoms with van der Waals surface area (Å²) >= 11 is 0. The molecule has 0 bridgehead atoms. The standard InChI is InChI=1S/C2H8O2Si.C2H6O2/c3-1-2-4-5;3-1-2-4/h3H,1-2H2,5H3;3-4H,1-2H2. The predicted octanol–water partition coefficient (Wildman–Crippen LogP) is -2.75. The van der Waals surface area contributed by atoms with Crippen molar-refractivity contribution in [2.24, 2.45) is 0 Å². The quantitative estimate of drug-likeness (QED) is 0.385. The van der Waals surface area contributed by atoms with Gasteiger partial charge >= 0.3 is 0 Å². The fourth-order valence-electron chi connectivity index (χ4n) is 0.0913. The van der Waals surface area contributed by atoms with Crippen molar-refractivity contribution in [3.8, 4) is 0 Å². The molecule has 0 unspecified atom stereocenters. The molecule has 0 atom stereocenters. The average molecular weight is 154 g/mol. The van der Waals surface area contributed by atoms with Gasteiger partial charge in [-0.3, -0.25) is 0 Å². The molecule has 0 saturated heterocycles. The summed E-state index contributed by atoms with van der Waals surface area (Å²) < 4.78 is 4.58. The lowest BCUT2D eigenvalue weighted by Gasteiger charge is -1.85. The molecule has 9 heavy (non-hydrogen) atoms. The number of hydrogen-bond donors (Lipinski definition) is 3. The lowest BCUT2D eigenvalue weighted by atomic mass is 10.8. The van der Waals surface area contributed by atoms with Crippen LogP contribution in [0.5, 0.6) is 0 Å². The third kappa shape index (κ3) is 31.6. The summed E-state index contributed by atoms with van der Waals surface area (Å²) in [5.41, 5.74) is 0. The highest BCUT2D eigenvalue weighted by molar-refractivity contribution is 5.97. The van der Waals surface area contributed by atoms with Crippen LogP contribution in [-0.4, -0.2) is 52.2 Å². The van der Waals surface area contributed by atoms with Gasteiger partial charge in [0, 0.05) is 0 Å². The van der Waals surface area contributed by atoms with Crippen LogP contribution >= 0.6 is 0 Å². The van der Waals surface area contributed by atoms with Crippen molar-refractivity contribution in [3.63, 3.8) is 0 Å². The first-order valence-electron chi connectivity index (χ1n) is 2.65. The maximum absolute atomic E-state index is 7.96. The number of aliphatic hydroxyl groups excluding tert-OH is 3. The molecule has 58 valence electrons. The molecule has 0 aliphatic carbocycles. The summed E-state index contributed by atoms with van der Waals surface area (Å²) in [5, 5.41) is 23.2. The van der Waals surface area contributed by atoms with E-state index >= 15 is 0 Å². The summed E-state index contributed by atoms with van der Waals surface area (Å²) in [6.45, 7) is 0.412. The van der Waals surface area contributed by atoms with Crippen LogP contribution in [-0.2, 0) is 4.43 Å². The molecular formula is C4H14O4Si. The molecule has 0 aromatic carbocycles. The van der Waals surface area contributed by atoms with E-state index in [9.17, 15) is 0 Å². The molecule has 0 saturated carbocycles. The van der Waals surface area contributed by atoms with Crippen molar-refractivity contribution in [1.29, 1.82) is 0 Å². The topological polar surface area (TPSA) is 69.9 Å². The Balaban J connectivity index is 0. The zero-order valence-corrected chi connectivity index (χ0v) is 7.58. The molecule has 0 radical (unpaired) electrons. The van der Waals surface area contributed by atoms with Gasteiger partial charge in [-0.05, 0) is 0 Å². The number of hydrogen-bond acceptors (Lipinski definition) is 4. The normalized spacial score (nSPS) is 8.33. The van der Waals surface area contributed by atoms with Crippen LogP contribution in [0.15, 0.2) is 0 Å². The first-order valence-corrected chi connectivity index (χ1v) is 3.46. The van der Waals surface area contributed by atoms with Crippen LogP contribution in [0.3, 0.4) is 0 Å². The highest BCUT2D eigenvalue weighted by atomic mass is 28.2. The van der Waals surface area contributed by atoms with Crippen LogP contribution in [0.25, 0.3) is 0 Å². The Kier molecular flexibility index (Phi) is 20.6. The van der Waals surface area contributed by atoms with Gasteiger partial charge in [-0.2, -0.15) is 0 Å². The first kappa shape index (κ1) is 11.8. The van der Waals surface area contributed by atoms with E-state index in [0.29, 0.717) is 6.61 Å². The Morgan fingerprint density at radius 2 is 1.44 bits per heavy atom. The Bertz CT molecular complexity index is 31.7. The Morgan fingerprint density at radius 3 is 1.44 bits per heavy atom. The van der Waals surface area contributed by atoms with Gasteiger partial charge in [-0.25, -0.2) is 0 Å². The van der Waals surface area contributed by atoms with Gasteiger partial charge in [0.05, 0.1) is 26.4 Å². The molecule has 3 N–H and O–H groups in total. The molecule has 0 heterocycles. The van der Waals surface area contributed by atoms with Gasteiger partial charge in [0.1, 0.15) is 10.5 Å². The van der Waals surface area contributed by atoms with E-state index in [2.05, 4.69) is 4.43 Å². The molecule has 0 spiro atoms. The van der Waals surface area contributed by atoms with Crippen molar-refractivity contribution in [2.45, 2.75) is 0 Å². The van der Waals surface area contributed by atoms with Crippen molar-refractivity contribution in [3.05, 3.63) is 0 Å². The van der Waals surface area contributed by atoms with Gasteiger partial charge in [0.2, 0.25) is 0 Å². The Morgan fingerprint density at radius 1 is 1.00 bits per heavy atom. The molecule has 5 heteroatoms. The van der Waals surface area contributed by atoms with Crippen LogP contribution < -0.4 is 0 Å². The SMILES string of the molecule is OCCO.OCCO[SiH3]. The van der Waals surface area contributed by atoms with Crippen LogP contribution in [0.4, 0.5) is 0 Å². The summed E-state index contributed by atoms with van der Waals surface area (Å²) in [6, 6.07) is 0. The fraction of sp³-hybridized carbons (Fsp3) is 1.00. The largest absolute Gasteiger partial charge is 0.426 e. The van der Waals surface area contributed by atoms with Crippen LogP contribution in [0, 0.1) is 0 Å². The second-order valence-corrected chi connectivity index (χ2v) is 1.74. The van der Waals surface area contributed by atoms with E-state index in [1.54, 1.807) is 0 Å². The van der Waals surface area contributed by atoms with Gasteiger partial charge in [0.25, 0.3) is 0 Å². The van der Waals surface area contributed by atoms with E-state index < -0.39 is 0 Å². The molecule has 0 aliphatic heterocycles. The molecule has 4 nitrogen and oxygen atoms in total. The molecule has 0 aliphatic rings. The lowest BCUT2D eigenvalue weighted by molar-refractivity contribution is 0.186. The lowest BCUT2D eigenvalue weighted by Crippen LogP contribution is -1.93. The van der Waals surface area contributed by atoms with E-state index in [1.807, 2.05) is 0 Å². The van der Waals surface area contributed by atoms with Crippen molar-refractivity contribution < 1.29 is 19.7 Å². The van der Waals surface area contributed by atoms with E-state index in [4.69, 9.17) is 15.3 Å². The minimum atomic E-state index is -0.125. The first-order chi connectivity index (χ1) is 4.33. The second-order valence-electron chi connectivity index (χ2n) is 1.16. The minimum Gasteiger partial charge on any atom is -0.426 e. The molecular weight excluding hydrogens is 140 g/mol. The van der Waals surface area contributed by atoms with E-state index in [0.717, 1.165) is 10.5 Å². The third-order valence-electron chi connectivity index (χ3n) is 0.395. The third-order valence-corrected chi connectivity index (χ3v) is 0.804. The van der Waals surface area contributed by atoms with Gasteiger partial charge < -0.3 is 19.7 Å². The molecule has 0 aromatic rings. The monoisotopic (exact) mass is 154 g/mol. The van der Waals surface area contributed by atoms with E-state index in [1.165, 1.54) is 0 Å². The Labute approximate surface area is 57.6 Å². The summed E-state index contributed by atoms with van der Waals surface area (Å²) in [6.07, 6.45) is 0. The second kappa shape index (κ2) is 15.7. The van der Waals surface area contributed by atoms with Crippen LogP contribution in [0.1, 0.15) is 0 Å². The van der Waals surface area contributed by atoms with Crippen molar-refractivity contribution in [2.75, 3.05) is 26.4 Å². The summed E-state index contributed by atoms with van der Waals surface area (Å²) in [7, 11) is 0.739. The Hall–Kier alpha value is 0.0569. The molecule has 0 rings (SSSR count). The number of rotatable bonds is 3. The number of aliphatic hydroxyl groups is 3. The van der Waals surface area contributed by atoms with Gasteiger partial charge in [-0.15, -0.1) is 0 Å². The van der Waals surface area contributed by atoms with Crippen molar-refractivity contribution in [1.82, 2.24) is 0 Å². The average Bonchev–Trinajstić information content (AvgIpc) is 1.91. The van der Waals surface area contributed by atoms with Crippen LogP contribution in [0.2, 0.25) is 0 Å². The fourth-order valence-corrected chi connectivity index (χ4v) is 0.274. The maximum atomic E-state index is 7.96. The zero-order valence-electron chi connectivity index (χ0n) is 5.58. The van der Waals surface area contributed by atoms with Gasteiger partial charge in [-0.1, -0.05) is 0 Å². The molecule has 0 fully saturated rings. The van der Waals surface area contributed by atoms with Gasteiger partial charge in [0.15, 0.2) is 0 Å². The maximum Gasteiger partial charge on any atom is 0.146 e.